The average molecular weight is 465 g/mol. The Morgan fingerprint density at radius 3 is 2.82 bits per heavy atom. The summed E-state index contributed by atoms with van der Waals surface area (Å²) in [5.74, 6) is 1.16. The molecule has 33 heavy (non-hydrogen) atoms. The van der Waals surface area contributed by atoms with Gasteiger partial charge in [0.05, 0.1) is 18.4 Å². The first kappa shape index (κ1) is 27.1. The molecule has 2 rings (SSSR count). The summed E-state index contributed by atoms with van der Waals surface area (Å²) in [6.07, 6.45) is 14.4. The van der Waals surface area contributed by atoms with Crippen LogP contribution < -0.4 is 10.6 Å². The topological polar surface area (TPSA) is 68.8 Å². The van der Waals surface area contributed by atoms with E-state index < -0.39 is 24.5 Å². The van der Waals surface area contributed by atoms with E-state index in [4.69, 9.17) is 14.2 Å². The molecule has 1 amide bonds. The highest BCUT2D eigenvalue weighted by Gasteiger charge is 2.31. The minimum absolute atomic E-state index is 0.0638. The largest absolute Gasteiger partial charge is 0.490 e. The fraction of sp³-hybridized carbons (Fsp3) is 0.654. The molecule has 0 fully saturated rings. The predicted octanol–water partition coefficient (Wildman–Crippen LogP) is 5.33. The van der Waals surface area contributed by atoms with Crippen molar-refractivity contribution in [2.24, 2.45) is 5.92 Å². The molecule has 0 aromatic heterocycles. The molecule has 1 aliphatic carbocycles. The van der Waals surface area contributed by atoms with Gasteiger partial charge < -0.3 is 19.5 Å². The number of hydrogen-bond donors (Lipinski definition) is 2. The monoisotopic (exact) mass is 464 g/mol. The number of alkyl carbamates (subject to hydrolysis) is 1. The van der Waals surface area contributed by atoms with Gasteiger partial charge in [-0.2, -0.15) is 0 Å². The Morgan fingerprint density at radius 1 is 1.36 bits per heavy atom. The van der Waals surface area contributed by atoms with Gasteiger partial charge in [-0.25, -0.2) is 9.18 Å². The van der Waals surface area contributed by atoms with Crippen molar-refractivity contribution >= 4 is 6.09 Å². The molecule has 0 saturated heterocycles. The Labute approximate surface area is 198 Å². The van der Waals surface area contributed by atoms with Gasteiger partial charge >= 0.3 is 6.09 Å². The molecule has 0 spiro atoms. The highest BCUT2D eigenvalue weighted by atomic mass is 19.1. The Balaban J connectivity index is 1.96. The average Bonchev–Trinajstić information content (AvgIpc) is 2.77. The molecule has 186 valence electrons. The first-order valence-electron chi connectivity index (χ1n) is 12.0. The molecule has 1 heterocycles. The summed E-state index contributed by atoms with van der Waals surface area (Å²) in [5, 5.41) is 6.37. The second kappa shape index (κ2) is 13.6. The number of hydrogen-bond acceptors (Lipinski definition) is 5. The number of unbranched alkanes of at least 4 members (excludes halogenated alkanes) is 1. The minimum Gasteiger partial charge on any atom is -0.490 e. The molecule has 4 unspecified atom stereocenters. The fourth-order valence-electron chi connectivity index (χ4n) is 3.79. The molecule has 2 aliphatic rings. The number of ether oxygens (including phenoxy) is 3. The van der Waals surface area contributed by atoms with Crippen molar-refractivity contribution < 1.29 is 23.4 Å². The van der Waals surface area contributed by atoms with E-state index in [1.807, 2.05) is 39.8 Å². The van der Waals surface area contributed by atoms with Crippen LogP contribution in [0.4, 0.5) is 9.18 Å². The van der Waals surface area contributed by atoms with E-state index in [9.17, 15) is 9.18 Å². The van der Waals surface area contributed by atoms with Crippen molar-refractivity contribution in [3.05, 3.63) is 47.9 Å². The first-order valence-corrected chi connectivity index (χ1v) is 12.0. The van der Waals surface area contributed by atoms with Crippen LogP contribution in [0, 0.1) is 5.92 Å². The lowest BCUT2D eigenvalue weighted by Gasteiger charge is -2.37. The highest BCUT2D eigenvalue weighted by molar-refractivity contribution is 5.69. The third kappa shape index (κ3) is 9.72. The van der Waals surface area contributed by atoms with Gasteiger partial charge in [-0.05, 0) is 58.1 Å². The van der Waals surface area contributed by atoms with Crippen LogP contribution >= 0.6 is 0 Å². The van der Waals surface area contributed by atoms with Crippen molar-refractivity contribution in [3.8, 4) is 0 Å². The van der Waals surface area contributed by atoms with E-state index >= 15 is 0 Å². The van der Waals surface area contributed by atoms with Crippen molar-refractivity contribution in [2.45, 2.75) is 84.1 Å². The number of nitrogens with one attached hydrogen (secondary N) is 2. The fourth-order valence-corrected chi connectivity index (χ4v) is 3.79. The van der Waals surface area contributed by atoms with Gasteiger partial charge in [0.15, 0.2) is 0 Å². The molecule has 2 N–H and O–H groups in total. The summed E-state index contributed by atoms with van der Waals surface area (Å²) in [7, 11) is 0. The second-order valence-corrected chi connectivity index (χ2v) is 9.52. The normalized spacial score (nSPS) is 24.2. The van der Waals surface area contributed by atoms with Crippen LogP contribution in [-0.2, 0) is 14.2 Å². The smallest absolute Gasteiger partial charge is 0.411 e. The molecule has 7 heteroatoms. The lowest BCUT2D eigenvalue weighted by atomic mass is 9.83. The molecule has 0 aromatic rings. The second-order valence-electron chi connectivity index (χ2n) is 9.52. The Bertz CT molecular complexity index is 739. The molecular weight excluding hydrogens is 423 g/mol. The standard InChI is InChI=1S/C26H41FN2O4/c1-6-8-14-31-18-22(16-27)32-21-12-10-19-11-13-23(29-24(19)15-21)20(9-7-2)17-28-25(30)33-26(3,4)5/h7,9,11-13,17,19,22-24,29H,6,8,10,14-16,18H2,1-5H3,(H,28,30)/b9-7-,20-17?. The molecule has 0 aromatic carbocycles. The number of allylic oxidation sites excluding steroid dienone is 2. The van der Waals surface area contributed by atoms with Gasteiger partial charge in [-0.1, -0.05) is 37.6 Å². The van der Waals surface area contributed by atoms with E-state index in [1.165, 1.54) is 0 Å². The number of amides is 1. The SMILES string of the molecule is C/C=C\C(=CNC(=O)OC(C)(C)C)C1C=CC2CC=C(OC(CF)COCCCC)CC2N1. The summed E-state index contributed by atoms with van der Waals surface area (Å²) >= 11 is 0. The number of rotatable bonds is 11. The van der Waals surface area contributed by atoms with Crippen molar-refractivity contribution in [3.63, 3.8) is 0 Å². The summed E-state index contributed by atoms with van der Waals surface area (Å²) in [5.41, 5.74) is 0.360. The number of fused-ring (bicyclic) bond motifs is 1. The number of alkyl halides is 1. The van der Waals surface area contributed by atoms with Gasteiger partial charge in [0.25, 0.3) is 0 Å². The van der Waals surface area contributed by atoms with E-state index in [0.29, 0.717) is 18.9 Å². The predicted molar refractivity (Wildman–Crippen MR) is 130 cm³/mol. The number of carbonyl (C=O) groups excluding carboxylic acids is 1. The molecule has 0 bridgehead atoms. The molecule has 6 nitrogen and oxygen atoms in total. The van der Waals surface area contributed by atoms with E-state index in [0.717, 1.165) is 30.6 Å². The van der Waals surface area contributed by atoms with Crippen LogP contribution in [0.2, 0.25) is 0 Å². The van der Waals surface area contributed by atoms with Crippen LogP contribution in [0.15, 0.2) is 47.9 Å². The van der Waals surface area contributed by atoms with Gasteiger partial charge in [0, 0.05) is 25.3 Å². The highest BCUT2D eigenvalue weighted by Crippen LogP contribution is 2.31. The third-order valence-electron chi connectivity index (χ3n) is 5.41. The maximum absolute atomic E-state index is 13.4. The van der Waals surface area contributed by atoms with Crippen LogP contribution in [0.1, 0.15) is 60.3 Å². The Kier molecular flexibility index (Phi) is 11.1. The lowest BCUT2D eigenvalue weighted by molar-refractivity contribution is -0.00333. The lowest BCUT2D eigenvalue weighted by Crippen LogP contribution is -2.47. The minimum atomic E-state index is -0.573. The van der Waals surface area contributed by atoms with E-state index in [1.54, 1.807) is 6.20 Å². The van der Waals surface area contributed by atoms with Crippen LogP contribution in [0.3, 0.4) is 0 Å². The summed E-state index contributed by atoms with van der Waals surface area (Å²) in [6.45, 7) is 9.85. The van der Waals surface area contributed by atoms with Crippen molar-refractivity contribution in [1.29, 1.82) is 0 Å². The van der Waals surface area contributed by atoms with Gasteiger partial charge in [0.2, 0.25) is 0 Å². The Morgan fingerprint density at radius 2 is 2.15 bits per heavy atom. The molecule has 0 saturated carbocycles. The molecular formula is C26H41FN2O4. The van der Waals surface area contributed by atoms with Crippen molar-refractivity contribution in [1.82, 2.24) is 10.6 Å². The van der Waals surface area contributed by atoms with Crippen LogP contribution in [0.5, 0.6) is 0 Å². The zero-order valence-electron chi connectivity index (χ0n) is 20.7. The van der Waals surface area contributed by atoms with Gasteiger partial charge in [-0.3, -0.25) is 5.32 Å². The maximum atomic E-state index is 13.4. The number of carbonyl (C=O) groups is 1. The molecule has 0 radical (unpaired) electrons. The van der Waals surface area contributed by atoms with Crippen molar-refractivity contribution in [2.75, 3.05) is 19.9 Å². The zero-order valence-corrected chi connectivity index (χ0v) is 20.7. The van der Waals surface area contributed by atoms with Gasteiger partial charge in [0.1, 0.15) is 18.4 Å². The van der Waals surface area contributed by atoms with E-state index in [-0.39, 0.29) is 18.7 Å². The Hall–Kier alpha value is -2.12. The van der Waals surface area contributed by atoms with E-state index in [2.05, 4.69) is 35.8 Å². The van der Waals surface area contributed by atoms with Crippen LogP contribution in [-0.4, -0.2) is 49.8 Å². The first-order chi connectivity index (χ1) is 15.8. The molecule has 4 atom stereocenters. The van der Waals surface area contributed by atoms with Gasteiger partial charge in [-0.15, -0.1) is 0 Å². The summed E-state index contributed by atoms with van der Waals surface area (Å²) in [4.78, 5) is 12.1. The summed E-state index contributed by atoms with van der Waals surface area (Å²) < 4.78 is 30.2. The van der Waals surface area contributed by atoms with Crippen LogP contribution in [0.25, 0.3) is 0 Å². The zero-order chi connectivity index (χ0) is 24.3. The third-order valence-corrected chi connectivity index (χ3v) is 5.41. The summed E-state index contributed by atoms with van der Waals surface area (Å²) in [6, 6.07) is 0.0996. The maximum Gasteiger partial charge on any atom is 0.411 e. The molecule has 1 aliphatic heterocycles. The quantitative estimate of drug-likeness (QED) is 0.246. The number of halogens is 1.